The molecule has 212 valence electrons. The molecule has 0 saturated carbocycles. The maximum absolute atomic E-state index is 12.7. The molecule has 1 aromatic heterocycles. The lowest BCUT2D eigenvalue weighted by atomic mass is 10.1. The number of carbonyl (C=O) groups is 2. The van der Waals surface area contributed by atoms with Crippen LogP contribution in [0.5, 0.6) is 0 Å². The highest BCUT2D eigenvalue weighted by atomic mass is 16.5. The van der Waals surface area contributed by atoms with Gasteiger partial charge in [0.2, 0.25) is 11.9 Å². The Morgan fingerprint density at radius 1 is 0.878 bits per heavy atom. The van der Waals surface area contributed by atoms with Gasteiger partial charge in [0.25, 0.3) is 0 Å². The summed E-state index contributed by atoms with van der Waals surface area (Å²) in [6.45, 7) is 5.90. The highest BCUT2D eigenvalue weighted by molar-refractivity contribution is 6.01. The summed E-state index contributed by atoms with van der Waals surface area (Å²) in [5.74, 6) is 1.58. The molecule has 3 saturated heterocycles. The number of nitrogens with zero attached hydrogens (tertiary/aromatic N) is 5. The van der Waals surface area contributed by atoms with Crippen molar-refractivity contribution < 1.29 is 23.8 Å². The van der Waals surface area contributed by atoms with E-state index in [-0.39, 0.29) is 24.2 Å². The van der Waals surface area contributed by atoms with Crippen molar-refractivity contribution in [2.75, 3.05) is 60.0 Å². The lowest BCUT2D eigenvalue weighted by molar-refractivity contribution is 0.0421. The third-order valence-electron chi connectivity index (χ3n) is 8.03. The number of nitrogens with one attached hydrogen (secondary N) is 2. The molecule has 12 nitrogen and oxygen atoms in total. The highest BCUT2D eigenvalue weighted by Crippen LogP contribution is 2.34. The summed E-state index contributed by atoms with van der Waals surface area (Å²) in [7, 11) is 0. The Morgan fingerprint density at radius 2 is 1.56 bits per heavy atom. The maximum atomic E-state index is 12.7. The third-order valence-corrected chi connectivity index (χ3v) is 8.03. The minimum atomic E-state index is -0.393. The molecule has 3 aromatic rings. The smallest absolute Gasteiger partial charge is 0.339 e. The zero-order valence-electron chi connectivity index (χ0n) is 22.7. The summed E-state index contributed by atoms with van der Waals surface area (Å²) in [5, 5.41) is 5.68. The molecule has 2 bridgehead atoms. The minimum Gasteiger partial charge on any atom is -0.454 e. The van der Waals surface area contributed by atoms with Gasteiger partial charge in [-0.3, -0.25) is 0 Å². The van der Waals surface area contributed by atoms with Gasteiger partial charge in [-0.2, -0.15) is 15.0 Å². The molecule has 12 heteroatoms. The van der Waals surface area contributed by atoms with Crippen LogP contribution < -0.4 is 20.4 Å². The number of carbonyl (C=O) groups excluding carboxylic acids is 2. The Labute approximate surface area is 237 Å². The number of amides is 2. The van der Waals surface area contributed by atoms with Crippen LogP contribution in [0.25, 0.3) is 11.4 Å². The zero-order valence-corrected chi connectivity index (χ0v) is 22.7. The van der Waals surface area contributed by atoms with E-state index < -0.39 is 6.03 Å². The van der Waals surface area contributed by atoms with Crippen molar-refractivity contribution in [2.24, 2.45) is 0 Å². The van der Waals surface area contributed by atoms with Crippen molar-refractivity contribution >= 4 is 35.3 Å². The van der Waals surface area contributed by atoms with Crippen molar-refractivity contribution in [3.05, 3.63) is 53.6 Å². The number of rotatable bonds is 5. The van der Waals surface area contributed by atoms with Gasteiger partial charge in [0.1, 0.15) is 6.10 Å². The highest BCUT2D eigenvalue weighted by Gasteiger charge is 2.39. The zero-order chi connectivity index (χ0) is 27.9. The van der Waals surface area contributed by atoms with Crippen LogP contribution >= 0.6 is 0 Å². The van der Waals surface area contributed by atoms with Crippen LogP contribution in [0.4, 0.5) is 28.1 Å². The Kier molecular flexibility index (Phi) is 6.63. The fourth-order valence-corrected chi connectivity index (χ4v) is 5.90. The number of benzene rings is 2. The van der Waals surface area contributed by atoms with Crippen molar-refractivity contribution in [2.45, 2.75) is 38.0 Å². The van der Waals surface area contributed by atoms with Crippen LogP contribution in [-0.4, -0.2) is 78.6 Å². The van der Waals surface area contributed by atoms with Gasteiger partial charge in [-0.05, 0) is 62.2 Å². The summed E-state index contributed by atoms with van der Waals surface area (Å²) in [5.41, 5.74) is 3.31. The standard InChI is InChI=1S/C29H31N7O5/c1-17-24-14-20(6-9-23(24)26(37)41-17)31-29(38)30-19-4-2-18(3-5-19)25-32-27(35-10-12-39-13-11-35)34-28(33-25)36-21-7-8-22(36)16-40-15-21/h2-6,9,14,17,21-22H,7-8,10-13,15-16H2,1H3,(H2,30,31,38). The Bertz CT molecular complexity index is 1460. The van der Waals surface area contributed by atoms with Crippen LogP contribution in [0.2, 0.25) is 0 Å². The minimum absolute atomic E-state index is 0.272. The molecule has 4 aliphatic rings. The van der Waals surface area contributed by atoms with Crippen LogP contribution in [-0.2, 0) is 14.2 Å². The number of aromatic nitrogens is 3. The molecular formula is C29H31N7O5. The Morgan fingerprint density at radius 3 is 2.32 bits per heavy atom. The average molecular weight is 558 g/mol. The number of cyclic esters (lactones) is 1. The molecule has 2 amide bonds. The summed E-state index contributed by atoms with van der Waals surface area (Å²) in [6.07, 6.45) is 1.79. The molecule has 0 radical (unpaired) electrons. The SMILES string of the molecule is CC1OC(=O)c2ccc(NC(=O)Nc3ccc(-c4nc(N5CCOCC5)nc(N5C6CCC5COC6)n4)cc3)cc21. The second-order valence-corrected chi connectivity index (χ2v) is 10.7. The first-order valence-electron chi connectivity index (χ1n) is 14.0. The summed E-state index contributed by atoms with van der Waals surface area (Å²) in [6, 6.07) is 12.7. The first kappa shape index (κ1) is 25.7. The molecule has 5 heterocycles. The van der Waals surface area contributed by atoms with E-state index in [2.05, 4.69) is 20.4 Å². The fourth-order valence-electron chi connectivity index (χ4n) is 5.90. The molecular weight excluding hydrogens is 526 g/mol. The average Bonchev–Trinajstić information content (AvgIpc) is 3.42. The lowest BCUT2D eigenvalue weighted by Crippen LogP contribution is -2.47. The molecule has 3 unspecified atom stereocenters. The number of hydrogen-bond donors (Lipinski definition) is 2. The maximum Gasteiger partial charge on any atom is 0.339 e. The molecule has 3 fully saturated rings. The number of fused-ring (bicyclic) bond motifs is 3. The monoisotopic (exact) mass is 557 g/mol. The van der Waals surface area contributed by atoms with Crippen LogP contribution in [0.15, 0.2) is 42.5 Å². The van der Waals surface area contributed by atoms with Gasteiger partial charge in [0.05, 0.1) is 44.1 Å². The van der Waals surface area contributed by atoms with Gasteiger partial charge in [-0.1, -0.05) is 0 Å². The quantitative estimate of drug-likeness (QED) is 0.449. The fraction of sp³-hybridized carbons (Fsp3) is 0.414. The summed E-state index contributed by atoms with van der Waals surface area (Å²) >= 11 is 0. The number of anilines is 4. The van der Waals surface area contributed by atoms with Gasteiger partial charge in [0.15, 0.2) is 5.82 Å². The van der Waals surface area contributed by atoms with E-state index in [9.17, 15) is 9.59 Å². The normalized spacial score (nSPS) is 23.2. The molecule has 0 aliphatic carbocycles. The largest absolute Gasteiger partial charge is 0.454 e. The molecule has 2 N–H and O–H groups in total. The van der Waals surface area contributed by atoms with E-state index in [1.54, 1.807) is 25.1 Å². The van der Waals surface area contributed by atoms with Crippen LogP contribution in [0.3, 0.4) is 0 Å². The molecule has 0 spiro atoms. The first-order valence-corrected chi connectivity index (χ1v) is 14.0. The van der Waals surface area contributed by atoms with E-state index in [0.29, 0.717) is 61.1 Å². The van der Waals surface area contributed by atoms with Gasteiger partial charge >= 0.3 is 12.0 Å². The number of hydrogen-bond acceptors (Lipinski definition) is 10. The predicted octanol–water partition coefficient (Wildman–Crippen LogP) is 3.62. The van der Waals surface area contributed by atoms with E-state index in [0.717, 1.165) is 37.1 Å². The first-order chi connectivity index (χ1) is 20.0. The van der Waals surface area contributed by atoms with Gasteiger partial charge in [-0.25, -0.2) is 9.59 Å². The van der Waals surface area contributed by atoms with E-state index in [1.807, 2.05) is 24.3 Å². The predicted molar refractivity (Wildman–Crippen MR) is 151 cm³/mol. The van der Waals surface area contributed by atoms with E-state index >= 15 is 0 Å². The molecule has 2 aromatic carbocycles. The van der Waals surface area contributed by atoms with Crippen LogP contribution in [0, 0.1) is 0 Å². The van der Waals surface area contributed by atoms with Gasteiger partial charge in [-0.15, -0.1) is 0 Å². The second kappa shape index (κ2) is 10.6. The van der Waals surface area contributed by atoms with Crippen LogP contribution in [0.1, 0.15) is 41.8 Å². The summed E-state index contributed by atoms with van der Waals surface area (Å²) < 4.78 is 16.6. The lowest BCUT2D eigenvalue weighted by Gasteiger charge is -2.35. The topological polar surface area (TPSA) is 131 Å². The van der Waals surface area contributed by atoms with Gasteiger partial charge in [0, 0.05) is 35.6 Å². The molecule has 4 aliphatic heterocycles. The van der Waals surface area contributed by atoms with Crippen molar-refractivity contribution in [1.82, 2.24) is 15.0 Å². The van der Waals surface area contributed by atoms with E-state index in [4.69, 9.17) is 29.2 Å². The number of esters is 1. The van der Waals surface area contributed by atoms with Crippen molar-refractivity contribution in [1.29, 1.82) is 0 Å². The number of urea groups is 1. The van der Waals surface area contributed by atoms with Gasteiger partial charge < -0.3 is 34.6 Å². The summed E-state index contributed by atoms with van der Waals surface area (Å²) in [4.78, 5) is 43.7. The number of morpholine rings is 2. The Hall–Kier alpha value is -4.29. The molecule has 41 heavy (non-hydrogen) atoms. The molecule has 3 atom stereocenters. The van der Waals surface area contributed by atoms with Crippen molar-refractivity contribution in [3.63, 3.8) is 0 Å². The molecule has 7 rings (SSSR count). The Balaban J connectivity index is 1.10. The number of ether oxygens (including phenoxy) is 3. The van der Waals surface area contributed by atoms with Crippen molar-refractivity contribution in [3.8, 4) is 11.4 Å². The second-order valence-electron chi connectivity index (χ2n) is 10.7. The van der Waals surface area contributed by atoms with E-state index in [1.165, 1.54) is 0 Å². The third kappa shape index (κ3) is 5.04.